The molecule has 2 amide bonds. The van der Waals surface area contributed by atoms with Crippen LogP contribution in [0, 0.1) is 0 Å². The molecule has 2 rings (SSSR count). The zero-order valence-corrected chi connectivity index (χ0v) is 13.1. The van der Waals surface area contributed by atoms with Crippen molar-refractivity contribution in [2.75, 3.05) is 5.32 Å². The largest absolute Gasteiger partial charge is 0.348 e. The minimum atomic E-state index is -0.132. The Morgan fingerprint density at radius 1 is 1.10 bits per heavy atom. The number of anilines is 1. The van der Waals surface area contributed by atoms with Crippen molar-refractivity contribution in [3.8, 4) is 0 Å². The first-order valence-corrected chi connectivity index (χ1v) is 7.24. The van der Waals surface area contributed by atoms with Crippen molar-refractivity contribution >= 4 is 33.4 Å². The van der Waals surface area contributed by atoms with Crippen LogP contribution in [0.25, 0.3) is 0 Å². The van der Waals surface area contributed by atoms with Crippen molar-refractivity contribution in [3.05, 3.63) is 64.1 Å². The fourth-order valence-corrected chi connectivity index (χ4v) is 2.11. The van der Waals surface area contributed by atoms with E-state index in [0.29, 0.717) is 12.1 Å². The van der Waals surface area contributed by atoms with Gasteiger partial charge in [0.1, 0.15) is 0 Å². The third-order valence-corrected chi connectivity index (χ3v) is 3.34. The SMILES string of the molecule is CC(=O)Nc1cccc(CNC(=O)c2ccc(Br)cc2)c1. The highest BCUT2D eigenvalue weighted by Crippen LogP contribution is 2.12. The standard InChI is InChI=1S/C16H15BrN2O2/c1-11(20)19-15-4-2-3-12(9-15)10-18-16(21)13-5-7-14(17)8-6-13/h2-9H,10H2,1H3,(H,18,21)(H,19,20). The highest BCUT2D eigenvalue weighted by atomic mass is 79.9. The van der Waals surface area contributed by atoms with Crippen molar-refractivity contribution in [1.82, 2.24) is 5.32 Å². The van der Waals surface area contributed by atoms with E-state index in [1.165, 1.54) is 6.92 Å². The van der Waals surface area contributed by atoms with Crippen molar-refractivity contribution < 1.29 is 9.59 Å². The first kappa shape index (κ1) is 15.3. The summed E-state index contributed by atoms with van der Waals surface area (Å²) in [5, 5.41) is 5.56. The second-order valence-electron chi connectivity index (χ2n) is 4.57. The van der Waals surface area contributed by atoms with Gasteiger partial charge in [0, 0.05) is 29.2 Å². The fourth-order valence-electron chi connectivity index (χ4n) is 1.85. The van der Waals surface area contributed by atoms with Crippen LogP contribution in [0.3, 0.4) is 0 Å². The van der Waals surface area contributed by atoms with Gasteiger partial charge in [-0.05, 0) is 42.0 Å². The molecular weight excluding hydrogens is 332 g/mol. The number of rotatable bonds is 4. The van der Waals surface area contributed by atoms with E-state index in [1.807, 2.05) is 30.3 Å². The zero-order valence-electron chi connectivity index (χ0n) is 11.5. The average Bonchev–Trinajstić information content (AvgIpc) is 2.45. The molecule has 2 aromatic rings. The Bertz CT molecular complexity index is 654. The third kappa shape index (κ3) is 4.72. The van der Waals surface area contributed by atoms with Gasteiger partial charge in [0.05, 0.1) is 0 Å². The Morgan fingerprint density at radius 2 is 1.81 bits per heavy atom. The third-order valence-electron chi connectivity index (χ3n) is 2.81. The lowest BCUT2D eigenvalue weighted by Gasteiger charge is -2.08. The summed E-state index contributed by atoms with van der Waals surface area (Å²) in [6.45, 7) is 1.87. The minimum Gasteiger partial charge on any atom is -0.348 e. The quantitative estimate of drug-likeness (QED) is 0.891. The zero-order chi connectivity index (χ0) is 15.2. The smallest absolute Gasteiger partial charge is 0.251 e. The molecule has 108 valence electrons. The molecule has 0 saturated heterocycles. The normalized spacial score (nSPS) is 10.0. The van der Waals surface area contributed by atoms with Crippen molar-refractivity contribution in [2.24, 2.45) is 0 Å². The minimum absolute atomic E-state index is 0.119. The van der Waals surface area contributed by atoms with Crippen LogP contribution in [0.2, 0.25) is 0 Å². The second kappa shape index (κ2) is 7.04. The van der Waals surface area contributed by atoms with Crippen LogP contribution in [-0.2, 0) is 11.3 Å². The molecule has 0 aromatic heterocycles. The van der Waals surface area contributed by atoms with Gasteiger partial charge in [0.25, 0.3) is 5.91 Å². The molecule has 0 atom stereocenters. The maximum Gasteiger partial charge on any atom is 0.251 e. The molecule has 2 N–H and O–H groups in total. The van der Waals surface area contributed by atoms with Crippen LogP contribution in [0.15, 0.2) is 53.0 Å². The number of hydrogen-bond acceptors (Lipinski definition) is 2. The maximum absolute atomic E-state index is 12.0. The molecule has 0 aliphatic carbocycles. The van der Waals surface area contributed by atoms with Crippen molar-refractivity contribution in [3.63, 3.8) is 0 Å². The molecule has 4 nitrogen and oxygen atoms in total. The van der Waals surface area contributed by atoms with Crippen LogP contribution >= 0.6 is 15.9 Å². The van der Waals surface area contributed by atoms with Crippen molar-refractivity contribution in [2.45, 2.75) is 13.5 Å². The summed E-state index contributed by atoms with van der Waals surface area (Å²) in [7, 11) is 0. The van der Waals surface area contributed by atoms with Gasteiger partial charge < -0.3 is 10.6 Å². The van der Waals surface area contributed by atoms with Gasteiger partial charge in [-0.1, -0.05) is 28.1 Å². The van der Waals surface area contributed by atoms with E-state index in [1.54, 1.807) is 18.2 Å². The molecule has 0 aliphatic rings. The monoisotopic (exact) mass is 346 g/mol. The molecule has 0 heterocycles. The van der Waals surface area contributed by atoms with Gasteiger partial charge in [0.15, 0.2) is 0 Å². The molecule has 0 bridgehead atoms. The van der Waals surface area contributed by atoms with Crippen LogP contribution in [0.1, 0.15) is 22.8 Å². The van der Waals surface area contributed by atoms with Gasteiger partial charge in [-0.25, -0.2) is 0 Å². The highest BCUT2D eigenvalue weighted by Gasteiger charge is 2.05. The molecule has 0 radical (unpaired) electrons. The summed E-state index contributed by atoms with van der Waals surface area (Å²) in [5.74, 6) is -0.251. The summed E-state index contributed by atoms with van der Waals surface area (Å²) in [6, 6.07) is 14.5. The molecule has 0 spiro atoms. The number of carbonyl (C=O) groups is 2. The number of benzene rings is 2. The first-order valence-electron chi connectivity index (χ1n) is 6.45. The van der Waals surface area contributed by atoms with E-state index in [4.69, 9.17) is 0 Å². The molecule has 0 unspecified atom stereocenters. The first-order chi connectivity index (χ1) is 10.0. The molecule has 0 fully saturated rings. The van der Waals surface area contributed by atoms with E-state index >= 15 is 0 Å². The predicted octanol–water partition coefficient (Wildman–Crippen LogP) is 3.34. The van der Waals surface area contributed by atoms with Gasteiger partial charge in [0.2, 0.25) is 5.91 Å². The van der Waals surface area contributed by atoms with Crippen molar-refractivity contribution in [1.29, 1.82) is 0 Å². The van der Waals surface area contributed by atoms with E-state index < -0.39 is 0 Å². The number of amides is 2. The number of halogens is 1. The Hall–Kier alpha value is -2.14. The molecular formula is C16H15BrN2O2. The van der Waals surface area contributed by atoms with Crippen LogP contribution < -0.4 is 10.6 Å². The molecule has 0 saturated carbocycles. The number of nitrogens with one attached hydrogen (secondary N) is 2. The number of hydrogen-bond donors (Lipinski definition) is 2. The van der Waals surface area contributed by atoms with Gasteiger partial charge >= 0.3 is 0 Å². The average molecular weight is 347 g/mol. The van der Waals surface area contributed by atoms with Gasteiger partial charge in [-0.2, -0.15) is 0 Å². The molecule has 21 heavy (non-hydrogen) atoms. The summed E-state index contributed by atoms with van der Waals surface area (Å²) in [6.07, 6.45) is 0. The van der Waals surface area contributed by atoms with E-state index in [2.05, 4.69) is 26.6 Å². The lowest BCUT2D eigenvalue weighted by atomic mass is 10.1. The van der Waals surface area contributed by atoms with Crippen LogP contribution in [0.5, 0.6) is 0 Å². The topological polar surface area (TPSA) is 58.2 Å². The molecule has 0 aliphatic heterocycles. The summed E-state index contributed by atoms with van der Waals surface area (Å²) < 4.78 is 0.932. The lowest BCUT2D eigenvalue weighted by molar-refractivity contribution is -0.114. The fraction of sp³-hybridized carbons (Fsp3) is 0.125. The lowest BCUT2D eigenvalue weighted by Crippen LogP contribution is -2.22. The Morgan fingerprint density at radius 3 is 2.48 bits per heavy atom. The van der Waals surface area contributed by atoms with Crippen LogP contribution in [-0.4, -0.2) is 11.8 Å². The highest BCUT2D eigenvalue weighted by molar-refractivity contribution is 9.10. The summed E-state index contributed by atoms with van der Waals surface area (Å²) in [5.41, 5.74) is 2.25. The maximum atomic E-state index is 12.0. The second-order valence-corrected chi connectivity index (χ2v) is 5.49. The van der Waals surface area contributed by atoms with Gasteiger partial charge in [-0.3, -0.25) is 9.59 Å². The van der Waals surface area contributed by atoms with Crippen LogP contribution in [0.4, 0.5) is 5.69 Å². The Balaban J connectivity index is 1.97. The van der Waals surface area contributed by atoms with Gasteiger partial charge in [-0.15, -0.1) is 0 Å². The van der Waals surface area contributed by atoms with E-state index in [-0.39, 0.29) is 11.8 Å². The summed E-state index contributed by atoms with van der Waals surface area (Å²) in [4.78, 5) is 23.0. The Labute approximate surface area is 131 Å². The molecule has 5 heteroatoms. The Kier molecular flexibility index (Phi) is 5.11. The van der Waals surface area contributed by atoms with E-state index in [0.717, 1.165) is 15.7 Å². The summed E-state index contributed by atoms with van der Waals surface area (Å²) >= 11 is 3.33. The predicted molar refractivity (Wildman–Crippen MR) is 86.1 cm³/mol. The van der Waals surface area contributed by atoms with E-state index in [9.17, 15) is 9.59 Å². The number of carbonyl (C=O) groups excluding carboxylic acids is 2. The molecule has 2 aromatic carbocycles.